The van der Waals surface area contributed by atoms with Crippen LogP contribution in [-0.4, -0.2) is 29.6 Å². The molecule has 6 nitrogen and oxygen atoms in total. The number of carbonyl (C=O) groups is 2. The first kappa shape index (κ1) is 16.7. The predicted molar refractivity (Wildman–Crippen MR) is 87.7 cm³/mol. The van der Waals surface area contributed by atoms with E-state index < -0.39 is 29.5 Å². The van der Waals surface area contributed by atoms with Gasteiger partial charge in [0.05, 0.1) is 5.69 Å². The van der Waals surface area contributed by atoms with Gasteiger partial charge in [-0.2, -0.15) is 0 Å². The van der Waals surface area contributed by atoms with Crippen LogP contribution < -0.4 is 10.2 Å². The maximum absolute atomic E-state index is 13.9. The van der Waals surface area contributed by atoms with E-state index in [1.807, 2.05) is 0 Å². The second-order valence-corrected chi connectivity index (χ2v) is 6.52. The second-order valence-electron chi connectivity index (χ2n) is 6.52. The van der Waals surface area contributed by atoms with Crippen LogP contribution in [0.3, 0.4) is 0 Å². The Hall–Kier alpha value is -2.77. The number of rotatable bonds is 3. The zero-order chi connectivity index (χ0) is 18.3. The first-order valence-corrected chi connectivity index (χ1v) is 8.60. The zero-order valence-electron chi connectivity index (χ0n) is 13.9. The van der Waals surface area contributed by atoms with E-state index in [1.165, 1.54) is 6.07 Å². The molecule has 1 unspecified atom stereocenters. The Labute approximate surface area is 148 Å². The standard InChI is InChI=1S/C18H17F2N3O3/c19-11-5-3-6-12(20)15(11)23-9-8-14(18(23)25)21-17(24)16-10-4-1-2-7-13(10)22-26-16/h3,5-6,14H,1-2,4,7-9H2,(H,21,24). The number of hydrogen-bond donors (Lipinski definition) is 1. The third-order valence-corrected chi connectivity index (χ3v) is 4.88. The molecule has 2 aromatic rings. The highest BCUT2D eigenvalue weighted by molar-refractivity contribution is 6.03. The maximum Gasteiger partial charge on any atom is 0.290 e. The number of aromatic nitrogens is 1. The minimum Gasteiger partial charge on any atom is -0.350 e. The Morgan fingerprint density at radius 3 is 2.73 bits per heavy atom. The van der Waals surface area contributed by atoms with Gasteiger partial charge < -0.3 is 14.7 Å². The summed E-state index contributed by atoms with van der Waals surface area (Å²) < 4.78 is 33.0. The number of aryl methyl sites for hydroxylation is 1. The monoisotopic (exact) mass is 361 g/mol. The van der Waals surface area contributed by atoms with Crippen molar-refractivity contribution >= 4 is 17.5 Å². The minimum absolute atomic E-state index is 0.121. The lowest BCUT2D eigenvalue weighted by atomic mass is 9.96. The summed E-state index contributed by atoms with van der Waals surface area (Å²) >= 11 is 0. The van der Waals surface area contributed by atoms with Crippen LogP contribution in [0, 0.1) is 11.6 Å². The fraction of sp³-hybridized carbons (Fsp3) is 0.389. The number of halogens is 2. The summed E-state index contributed by atoms with van der Waals surface area (Å²) in [6.07, 6.45) is 3.71. The second kappa shape index (κ2) is 6.51. The topological polar surface area (TPSA) is 75.4 Å². The Kier molecular flexibility index (Phi) is 4.18. The molecule has 2 aliphatic rings. The highest BCUT2D eigenvalue weighted by Gasteiger charge is 2.37. The molecule has 1 aliphatic carbocycles. The average molecular weight is 361 g/mol. The Balaban J connectivity index is 1.51. The molecule has 4 rings (SSSR count). The lowest BCUT2D eigenvalue weighted by molar-refractivity contribution is -0.118. The van der Waals surface area contributed by atoms with E-state index in [1.54, 1.807) is 0 Å². The number of hydrogen-bond acceptors (Lipinski definition) is 4. The number of anilines is 1. The summed E-state index contributed by atoms with van der Waals surface area (Å²) in [6, 6.07) is 2.57. The highest BCUT2D eigenvalue weighted by atomic mass is 19.1. The lowest BCUT2D eigenvalue weighted by Gasteiger charge is -2.18. The van der Waals surface area contributed by atoms with E-state index in [9.17, 15) is 18.4 Å². The van der Waals surface area contributed by atoms with Crippen molar-refractivity contribution in [1.29, 1.82) is 0 Å². The number of amides is 2. The van der Waals surface area contributed by atoms with Crippen LogP contribution in [0.5, 0.6) is 0 Å². The quantitative estimate of drug-likeness (QED) is 0.911. The van der Waals surface area contributed by atoms with Crippen LogP contribution in [0.25, 0.3) is 0 Å². The van der Waals surface area contributed by atoms with Gasteiger partial charge in [0, 0.05) is 12.1 Å². The van der Waals surface area contributed by atoms with E-state index in [-0.39, 0.29) is 24.4 Å². The highest BCUT2D eigenvalue weighted by Crippen LogP contribution is 2.28. The Morgan fingerprint density at radius 1 is 1.23 bits per heavy atom. The molecular weight excluding hydrogens is 344 g/mol. The van der Waals surface area contributed by atoms with Crippen molar-refractivity contribution in [3.05, 3.63) is 46.9 Å². The van der Waals surface area contributed by atoms with Gasteiger partial charge in [0.1, 0.15) is 23.4 Å². The van der Waals surface area contributed by atoms with Crippen molar-refractivity contribution in [2.24, 2.45) is 0 Å². The maximum atomic E-state index is 13.9. The van der Waals surface area contributed by atoms with Crippen molar-refractivity contribution in [3.8, 4) is 0 Å². The SMILES string of the molecule is O=C(NC1CCN(c2c(F)cccc2F)C1=O)c1onc2c1CCCC2. The van der Waals surface area contributed by atoms with Crippen molar-refractivity contribution in [1.82, 2.24) is 10.5 Å². The molecule has 2 amide bonds. The zero-order valence-corrected chi connectivity index (χ0v) is 13.9. The molecule has 0 saturated carbocycles. The molecular formula is C18H17F2N3O3. The number of benzene rings is 1. The van der Waals surface area contributed by atoms with Crippen LogP contribution in [-0.2, 0) is 17.6 Å². The lowest BCUT2D eigenvalue weighted by Crippen LogP contribution is -2.42. The van der Waals surface area contributed by atoms with Crippen molar-refractivity contribution in [3.63, 3.8) is 0 Å². The van der Waals surface area contributed by atoms with Gasteiger partial charge in [-0.15, -0.1) is 0 Å². The van der Waals surface area contributed by atoms with Gasteiger partial charge in [0.25, 0.3) is 5.91 Å². The van der Waals surface area contributed by atoms with Crippen LogP contribution in [0.2, 0.25) is 0 Å². The van der Waals surface area contributed by atoms with E-state index in [4.69, 9.17) is 4.52 Å². The van der Waals surface area contributed by atoms with Crippen molar-refractivity contribution in [2.45, 2.75) is 38.1 Å². The first-order chi connectivity index (χ1) is 12.6. The molecule has 1 fully saturated rings. The number of nitrogens with one attached hydrogen (secondary N) is 1. The summed E-state index contributed by atoms with van der Waals surface area (Å²) in [7, 11) is 0. The van der Waals surface area contributed by atoms with E-state index in [0.29, 0.717) is 6.42 Å². The average Bonchev–Trinajstić information content (AvgIpc) is 3.20. The molecule has 0 spiro atoms. The molecule has 1 saturated heterocycles. The van der Waals surface area contributed by atoms with E-state index in [0.717, 1.165) is 47.6 Å². The van der Waals surface area contributed by atoms with Crippen molar-refractivity contribution in [2.75, 3.05) is 11.4 Å². The number of nitrogens with zero attached hydrogens (tertiary/aromatic N) is 2. The van der Waals surface area contributed by atoms with Gasteiger partial charge in [-0.1, -0.05) is 11.2 Å². The van der Waals surface area contributed by atoms with Gasteiger partial charge in [0.2, 0.25) is 11.7 Å². The smallest absolute Gasteiger partial charge is 0.290 e. The fourth-order valence-corrected chi connectivity index (χ4v) is 3.58. The molecule has 1 N–H and O–H groups in total. The summed E-state index contributed by atoms with van der Waals surface area (Å²) in [5.41, 5.74) is 1.19. The molecule has 1 atom stereocenters. The molecule has 8 heteroatoms. The molecule has 0 bridgehead atoms. The largest absolute Gasteiger partial charge is 0.350 e. The molecule has 1 aromatic heterocycles. The normalized spacial score (nSPS) is 19.5. The summed E-state index contributed by atoms with van der Waals surface area (Å²) in [5.74, 6) is -2.56. The van der Waals surface area contributed by atoms with Crippen LogP contribution in [0.15, 0.2) is 22.7 Å². The van der Waals surface area contributed by atoms with Crippen molar-refractivity contribution < 1.29 is 22.9 Å². The van der Waals surface area contributed by atoms with Gasteiger partial charge in [0.15, 0.2) is 0 Å². The molecule has 26 heavy (non-hydrogen) atoms. The van der Waals surface area contributed by atoms with Gasteiger partial charge in [-0.3, -0.25) is 9.59 Å². The Morgan fingerprint density at radius 2 is 1.96 bits per heavy atom. The molecule has 2 heterocycles. The summed E-state index contributed by atoms with van der Waals surface area (Å²) in [4.78, 5) is 26.1. The molecule has 1 aliphatic heterocycles. The number of fused-ring (bicyclic) bond motifs is 1. The van der Waals surface area contributed by atoms with Crippen LogP contribution >= 0.6 is 0 Å². The third kappa shape index (κ3) is 2.75. The van der Waals surface area contributed by atoms with E-state index >= 15 is 0 Å². The van der Waals surface area contributed by atoms with Gasteiger partial charge in [-0.05, 0) is 44.2 Å². The fourth-order valence-electron chi connectivity index (χ4n) is 3.58. The molecule has 1 aromatic carbocycles. The minimum atomic E-state index is -0.856. The molecule has 0 radical (unpaired) electrons. The third-order valence-electron chi connectivity index (χ3n) is 4.88. The number of carbonyl (C=O) groups excluding carboxylic acids is 2. The van der Waals surface area contributed by atoms with Gasteiger partial charge in [-0.25, -0.2) is 8.78 Å². The summed E-state index contributed by atoms with van der Waals surface area (Å²) in [5, 5.41) is 6.54. The number of para-hydroxylation sites is 1. The van der Waals surface area contributed by atoms with Crippen LogP contribution in [0.4, 0.5) is 14.5 Å². The predicted octanol–water partition coefficient (Wildman–Crippen LogP) is 2.37. The van der Waals surface area contributed by atoms with E-state index in [2.05, 4.69) is 10.5 Å². The van der Waals surface area contributed by atoms with Gasteiger partial charge >= 0.3 is 0 Å². The Bertz CT molecular complexity index is 860. The first-order valence-electron chi connectivity index (χ1n) is 8.60. The van der Waals surface area contributed by atoms with Crippen LogP contribution in [0.1, 0.15) is 41.1 Å². The summed E-state index contributed by atoms with van der Waals surface area (Å²) in [6.45, 7) is 0.121. The molecule has 136 valence electrons.